The predicted octanol–water partition coefficient (Wildman–Crippen LogP) is -0.131. The van der Waals surface area contributed by atoms with Crippen molar-refractivity contribution in [1.29, 1.82) is 0 Å². The van der Waals surface area contributed by atoms with Gasteiger partial charge < -0.3 is 0 Å². The first-order chi connectivity index (χ1) is 3.00. The number of nitrogens with zero attached hydrogens (tertiary/aromatic N) is 3. The van der Waals surface area contributed by atoms with Crippen molar-refractivity contribution in [2.45, 2.75) is 0 Å². The standard InChI is InChI=1S/C3H3N3.Zr/c1-2-4-6-5-3-1;/h1-3H;. The first-order valence-corrected chi connectivity index (χ1v) is 1.58. The molecule has 0 saturated heterocycles. The van der Waals surface area contributed by atoms with Gasteiger partial charge in [-0.2, -0.15) is 0 Å². The van der Waals surface area contributed by atoms with Crippen molar-refractivity contribution in [3.63, 3.8) is 0 Å². The molecule has 0 N–H and O–H groups in total. The summed E-state index contributed by atoms with van der Waals surface area (Å²) >= 11 is 0. The molecule has 1 heterocycles. The van der Waals surface area contributed by atoms with Crippen LogP contribution in [0.25, 0.3) is 0 Å². The third-order valence-corrected chi connectivity index (χ3v) is 0.409. The summed E-state index contributed by atoms with van der Waals surface area (Å²) in [5.41, 5.74) is 0. The van der Waals surface area contributed by atoms with E-state index < -0.39 is 0 Å². The molecule has 0 radical (unpaired) electrons. The Morgan fingerprint density at radius 2 is 1.57 bits per heavy atom. The van der Waals surface area contributed by atoms with E-state index in [-0.39, 0.29) is 26.2 Å². The minimum absolute atomic E-state index is 0. The molecule has 0 spiro atoms. The molecule has 0 aliphatic rings. The molecule has 1 aromatic heterocycles. The molecule has 1 rings (SSSR count). The Hall–Kier alpha value is -0.107. The molecule has 0 amide bonds. The largest absolute Gasteiger partial charge is 0.139 e. The molecule has 34 valence electrons. The first kappa shape index (κ1) is 6.89. The van der Waals surface area contributed by atoms with E-state index in [2.05, 4.69) is 15.4 Å². The average molecular weight is 172 g/mol. The van der Waals surface area contributed by atoms with Crippen LogP contribution in [0.1, 0.15) is 0 Å². The Balaban J connectivity index is 0.000000360. The van der Waals surface area contributed by atoms with E-state index in [1.165, 1.54) is 0 Å². The van der Waals surface area contributed by atoms with E-state index in [1.807, 2.05) is 0 Å². The van der Waals surface area contributed by atoms with E-state index in [4.69, 9.17) is 0 Å². The molecule has 0 atom stereocenters. The zero-order valence-corrected chi connectivity index (χ0v) is 6.03. The molecular formula is C3H3N3Zr. The summed E-state index contributed by atoms with van der Waals surface area (Å²) in [4.78, 5) is 0. The van der Waals surface area contributed by atoms with Crippen LogP contribution in [0.4, 0.5) is 0 Å². The summed E-state index contributed by atoms with van der Waals surface area (Å²) in [5, 5.41) is 10.1. The third-order valence-electron chi connectivity index (χ3n) is 0.409. The molecule has 0 aromatic carbocycles. The molecule has 0 saturated carbocycles. The van der Waals surface area contributed by atoms with E-state index in [1.54, 1.807) is 18.5 Å². The summed E-state index contributed by atoms with van der Waals surface area (Å²) in [5.74, 6) is 0. The molecule has 0 aliphatic carbocycles. The predicted molar refractivity (Wildman–Crippen MR) is 19.8 cm³/mol. The van der Waals surface area contributed by atoms with Gasteiger partial charge in [-0.15, -0.1) is 10.2 Å². The van der Waals surface area contributed by atoms with Crippen LogP contribution in [0.3, 0.4) is 0 Å². The van der Waals surface area contributed by atoms with Crippen molar-refractivity contribution < 1.29 is 26.2 Å². The van der Waals surface area contributed by atoms with Gasteiger partial charge in [-0.25, -0.2) is 0 Å². The van der Waals surface area contributed by atoms with Crippen LogP contribution in [0.5, 0.6) is 0 Å². The van der Waals surface area contributed by atoms with Gasteiger partial charge in [0.25, 0.3) is 0 Å². The van der Waals surface area contributed by atoms with Crippen molar-refractivity contribution in [1.82, 2.24) is 15.4 Å². The van der Waals surface area contributed by atoms with E-state index in [0.717, 1.165) is 0 Å². The minimum Gasteiger partial charge on any atom is -0.139 e. The van der Waals surface area contributed by atoms with Crippen molar-refractivity contribution in [2.24, 2.45) is 0 Å². The molecule has 3 nitrogen and oxygen atoms in total. The van der Waals surface area contributed by atoms with Gasteiger partial charge in [0.2, 0.25) is 0 Å². The van der Waals surface area contributed by atoms with Gasteiger partial charge >= 0.3 is 0 Å². The zero-order chi connectivity index (χ0) is 4.24. The fourth-order valence-electron chi connectivity index (χ4n) is 0.205. The molecule has 1 aromatic rings. The fourth-order valence-corrected chi connectivity index (χ4v) is 0.205. The number of hydrogen-bond donors (Lipinski definition) is 0. The Morgan fingerprint density at radius 3 is 1.71 bits per heavy atom. The van der Waals surface area contributed by atoms with Crippen LogP contribution in [0, 0.1) is 0 Å². The van der Waals surface area contributed by atoms with E-state index in [9.17, 15) is 0 Å². The van der Waals surface area contributed by atoms with Gasteiger partial charge in [0, 0.05) is 26.2 Å². The fraction of sp³-hybridized carbons (Fsp3) is 0. The van der Waals surface area contributed by atoms with Gasteiger partial charge in [-0.05, 0) is 11.3 Å². The number of rotatable bonds is 0. The topological polar surface area (TPSA) is 38.7 Å². The normalized spacial score (nSPS) is 6.86. The second kappa shape index (κ2) is 4.06. The molecule has 0 unspecified atom stereocenters. The quantitative estimate of drug-likeness (QED) is 0.547. The van der Waals surface area contributed by atoms with Gasteiger partial charge in [0.05, 0.1) is 12.4 Å². The SMILES string of the molecule is [Zr].c1cnnnc1. The van der Waals surface area contributed by atoms with E-state index in [0.29, 0.717) is 0 Å². The van der Waals surface area contributed by atoms with Crippen LogP contribution in [0.15, 0.2) is 18.5 Å². The van der Waals surface area contributed by atoms with Crippen LogP contribution < -0.4 is 0 Å². The summed E-state index contributed by atoms with van der Waals surface area (Å²) in [7, 11) is 0. The molecule has 0 bridgehead atoms. The van der Waals surface area contributed by atoms with Crippen molar-refractivity contribution in [3.05, 3.63) is 18.5 Å². The monoisotopic (exact) mass is 171 g/mol. The summed E-state index contributed by atoms with van der Waals surface area (Å²) in [6.07, 6.45) is 3.15. The molecule has 0 aliphatic heterocycles. The van der Waals surface area contributed by atoms with Crippen molar-refractivity contribution >= 4 is 0 Å². The Morgan fingerprint density at radius 1 is 1.00 bits per heavy atom. The van der Waals surface area contributed by atoms with Crippen molar-refractivity contribution in [3.8, 4) is 0 Å². The molecule has 7 heavy (non-hydrogen) atoms. The third kappa shape index (κ3) is 2.57. The van der Waals surface area contributed by atoms with Gasteiger partial charge in [-0.1, -0.05) is 0 Å². The van der Waals surface area contributed by atoms with E-state index >= 15 is 0 Å². The van der Waals surface area contributed by atoms with Gasteiger partial charge in [0.1, 0.15) is 0 Å². The Bertz CT molecular complexity index is 82.1. The second-order valence-corrected chi connectivity index (χ2v) is 0.811. The Kier molecular flexibility index (Phi) is 4.00. The van der Waals surface area contributed by atoms with Crippen LogP contribution in [-0.2, 0) is 26.2 Å². The van der Waals surface area contributed by atoms with Crippen LogP contribution in [0.2, 0.25) is 0 Å². The number of hydrogen-bond acceptors (Lipinski definition) is 3. The maximum Gasteiger partial charge on any atom is 0.0529 e. The van der Waals surface area contributed by atoms with Crippen molar-refractivity contribution in [2.75, 3.05) is 0 Å². The Labute approximate surface area is 60.3 Å². The summed E-state index contributed by atoms with van der Waals surface area (Å²) in [6, 6.07) is 1.72. The van der Waals surface area contributed by atoms with Crippen LogP contribution in [-0.4, -0.2) is 15.4 Å². The number of aromatic nitrogens is 3. The van der Waals surface area contributed by atoms with Gasteiger partial charge in [0.15, 0.2) is 0 Å². The first-order valence-electron chi connectivity index (χ1n) is 1.58. The summed E-state index contributed by atoms with van der Waals surface area (Å²) in [6.45, 7) is 0. The minimum atomic E-state index is 0. The molecular weight excluding hydrogens is 169 g/mol. The maximum absolute atomic E-state index is 3.42. The summed E-state index contributed by atoms with van der Waals surface area (Å²) < 4.78 is 0. The zero-order valence-electron chi connectivity index (χ0n) is 3.57. The average Bonchev–Trinajstić information content (AvgIpc) is 1.72. The van der Waals surface area contributed by atoms with Gasteiger partial charge in [-0.3, -0.25) is 0 Å². The maximum atomic E-state index is 3.42. The molecule has 0 fully saturated rings. The molecule has 4 heteroatoms. The van der Waals surface area contributed by atoms with Crippen LogP contribution >= 0.6 is 0 Å². The smallest absolute Gasteiger partial charge is 0.0529 e. The second-order valence-electron chi connectivity index (χ2n) is 0.811.